The normalized spacial score (nSPS) is 15.4. The molecule has 0 bridgehead atoms. The second kappa shape index (κ2) is 9.04. The first-order valence-corrected chi connectivity index (χ1v) is 9.02. The van der Waals surface area contributed by atoms with Crippen LogP contribution in [0.4, 0.5) is 0 Å². The van der Waals surface area contributed by atoms with Crippen LogP contribution in [0.5, 0.6) is 0 Å². The molecular formula is C13H26ClO5P. The molecule has 0 saturated heterocycles. The molecule has 0 N–H and O–H groups in total. The first kappa shape index (κ1) is 19.9. The average molecular weight is 329 g/mol. The Hall–Kier alpha value is -0.0900. The third kappa shape index (κ3) is 6.57. The number of carbonyl (C=O) groups excluding carboxylic acids is 1. The van der Waals surface area contributed by atoms with E-state index in [-0.39, 0.29) is 24.0 Å². The Morgan fingerprint density at radius 2 is 1.55 bits per heavy atom. The maximum atomic E-state index is 13.0. The summed E-state index contributed by atoms with van der Waals surface area (Å²) in [5.74, 6) is -2.03. The van der Waals surface area contributed by atoms with Crippen LogP contribution in [0.2, 0.25) is 0 Å². The molecule has 0 saturated carbocycles. The number of hydrogen-bond donors (Lipinski definition) is 0. The fourth-order valence-corrected chi connectivity index (χ4v) is 4.20. The molecule has 0 spiro atoms. The highest BCUT2D eigenvalue weighted by Gasteiger charge is 2.43. The van der Waals surface area contributed by atoms with E-state index in [0.29, 0.717) is 6.42 Å². The van der Waals surface area contributed by atoms with E-state index in [1.165, 1.54) is 0 Å². The van der Waals surface area contributed by atoms with E-state index < -0.39 is 19.4 Å². The highest BCUT2D eigenvalue weighted by molar-refractivity contribution is 7.54. The second-order valence-electron chi connectivity index (χ2n) is 5.25. The van der Waals surface area contributed by atoms with Gasteiger partial charge < -0.3 is 13.8 Å². The number of halogens is 1. The minimum atomic E-state index is -3.58. The first-order valence-electron chi connectivity index (χ1n) is 6.88. The Morgan fingerprint density at radius 3 is 1.85 bits per heavy atom. The quantitative estimate of drug-likeness (QED) is 0.361. The number of esters is 1. The van der Waals surface area contributed by atoms with Crippen molar-refractivity contribution < 1.29 is 23.1 Å². The Morgan fingerprint density at radius 1 is 1.10 bits per heavy atom. The summed E-state index contributed by atoms with van der Waals surface area (Å²) in [6, 6.07) is 0. The topological polar surface area (TPSA) is 61.8 Å². The van der Waals surface area contributed by atoms with E-state index in [9.17, 15) is 9.36 Å². The minimum absolute atomic E-state index is 0.162. The molecule has 5 nitrogen and oxygen atoms in total. The number of alkyl halides is 1. The van der Waals surface area contributed by atoms with Crippen molar-refractivity contribution in [1.82, 2.24) is 0 Å². The summed E-state index contributed by atoms with van der Waals surface area (Å²) < 4.78 is 29.2. The zero-order valence-electron chi connectivity index (χ0n) is 13.1. The molecule has 0 aromatic carbocycles. The van der Waals surface area contributed by atoms with Crippen molar-refractivity contribution in [3.63, 3.8) is 0 Å². The van der Waals surface area contributed by atoms with Gasteiger partial charge in [-0.3, -0.25) is 9.36 Å². The Labute approximate surface area is 126 Å². The molecule has 0 aliphatic carbocycles. The zero-order valence-corrected chi connectivity index (χ0v) is 14.7. The van der Waals surface area contributed by atoms with Crippen molar-refractivity contribution in [2.75, 3.05) is 5.88 Å². The molecule has 0 amide bonds. The van der Waals surface area contributed by atoms with Crippen LogP contribution < -0.4 is 0 Å². The summed E-state index contributed by atoms with van der Waals surface area (Å²) in [5.41, 5.74) is 0. The van der Waals surface area contributed by atoms with Gasteiger partial charge in [0.2, 0.25) is 5.85 Å². The third-order valence-corrected chi connectivity index (χ3v) is 5.41. The van der Waals surface area contributed by atoms with E-state index in [2.05, 4.69) is 0 Å². The fourth-order valence-electron chi connectivity index (χ4n) is 1.59. The molecule has 0 unspecified atom stereocenters. The van der Waals surface area contributed by atoms with Crippen molar-refractivity contribution in [3.05, 3.63) is 0 Å². The van der Waals surface area contributed by atoms with Gasteiger partial charge >= 0.3 is 13.6 Å². The maximum absolute atomic E-state index is 13.0. The smallest absolute Gasteiger partial charge is 0.371 e. The summed E-state index contributed by atoms with van der Waals surface area (Å²) >= 11 is 5.46. The Bertz CT molecular complexity index is 332. The van der Waals surface area contributed by atoms with Crippen LogP contribution in [-0.4, -0.2) is 29.9 Å². The standard InChI is InChI=1S/C13H26ClO5P/c1-7-11(6)13(17-12(15)8-14)20(16,18-9(2)3)19-10(4)5/h9-11,13H,7-8H2,1-6H3/t11-,13+/m0/s1. The predicted octanol–water partition coefficient (Wildman–Crippen LogP) is 4.18. The molecule has 0 aromatic rings. The highest BCUT2D eigenvalue weighted by Crippen LogP contribution is 2.58. The lowest BCUT2D eigenvalue weighted by Crippen LogP contribution is -2.29. The van der Waals surface area contributed by atoms with Crippen molar-refractivity contribution in [1.29, 1.82) is 0 Å². The average Bonchev–Trinajstić information content (AvgIpc) is 2.32. The Kier molecular flexibility index (Phi) is 8.99. The van der Waals surface area contributed by atoms with E-state index in [4.69, 9.17) is 25.4 Å². The zero-order chi connectivity index (χ0) is 15.9. The van der Waals surface area contributed by atoms with Gasteiger partial charge in [0.15, 0.2) is 0 Å². The van der Waals surface area contributed by atoms with Gasteiger partial charge in [-0.25, -0.2) is 0 Å². The second-order valence-corrected chi connectivity index (χ2v) is 7.53. The van der Waals surface area contributed by atoms with Crippen LogP contribution in [0.1, 0.15) is 48.0 Å². The van der Waals surface area contributed by atoms with Gasteiger partial charge in [0.25, 0.3) is 0 Å². The van der Waals surface area contributed by atoms with Crippen molar-refractivity contribution >= 4 is 25.2 Å². The van der Waals surface area contributed by atoms with Gasteiger partial charge in [-0.05, 0) is 34.1 Å². The van der Waals surface area contributed by atoms with E-state index in [0.717, 1.165) is 0 Å². The monoisotopic (exact) mass is 328 g/mol. The van der Waals surface area contributed by atoms with Gasteiger partial charge in [-0.15, -0.1) is 11.6 Å². The van der Waals surface area contributed by atoms with Crippen LogP contribution >= 0.6 is 19.2 Å². The van der Waals surface area contributed by atoms with Gasteiger partial charge in [0.05, 0.1) is 12.2 Å². The lowest BCUT2D eigenvalue weighted by atomic mass is 10.1. The van der Waals surface area contributed by atoms with Crippen LogP contribution in [0.25, 0.3) is 0 Å². The number of rotatable bonds is 9. The van der Waals surface area contributed by atoms with Crippen LogP contribution in [-0.2, 0) is 23.1 Å². The fraction of sp³-hybridized carbons (Fsp3) is 0.923. The van der Waals surface area contributed by atoms with E-state index >= 15 is 0 Å². The Balaban J connectivity index is 5.37. The summed E-state index contributed by atoms with van der Waals surface area (Å²) in [7, 11) is -3.58. The molecule has 7 heteroatoms. The summed E-state index contributed by atoms with van der Waals surface area (Å²) in [6.07, 6.45) is 0.0642. The molecule has 0 heterocycles. The third-order valence-electron chi connectivity index (χ3n) is 2.52. The van der Waals surface area contributed by atoms with Crippen molar-refractivity contribution in [2.24, 2.45) is 5.92 Å². The summed E-state index contributed by atoms with van der Waals surface area (Å²) in [4.78, 5) is 11.5. The van der Waals surface area contributed by atoms with E-state index in [1.54, 1.807) is 27.7 Å². The van der Waals surface area contributed by atoms with Crippen LogP contribution in [0.3, 0.4) is 0 Å². The van der Waals surface area contributed by atoms with E-state index in [1.807, 2.05) is 13.8 Å². The molecule has 0 aliphatic heterocycles. The lowest BCUT2D eigenvalue weighted by Gasteiger charge is -2.32. The SMILES string of the molecule is CC[C@H](C)[C@H](OC(=O)CCl)P(=O)(OC(C)C)OC(C)C. The molecule has 0 radical (unpaired) electrons. The van der Waals surface area contributed by atoms with Crippen LogP contribution in [0, 0.1) is 5.92 Å². The lowest BCUT2D eigenvalue weighted by molar-refractivity contribution is -0.145. The molecule has 0 aromatic heterocycles. The summed E-state index contributed by atoms with van der Waals surface area (Å²) in [6.45, 7) is 10.8. The van der Waals surface area contributed by atoms with Crippen molar-refractivity contribution in [3.8, 4) is 0 Å². The maximum Gasteiger partial charge on any atom is 0.371 e. The largest absolute Gasteiger partial charge is 0.448 e. The molecule has 0 fully saturated rings. The summed E-state index contributed by atoms with van der Waals surface area (Å²) in [5, 5.41) is 0. The number of hydrogen-bond acceptors (Lipinski definition) is 5. The van der Waals surface area contributed by atoms with Gasteiger partial charge in [-0.2, -0.15) is 0 Å². The molecule has 20 heavy (non-hydrogen) atoms. The molecular weight excluding hydrogens is 303 g/mol. The molecule has 2 atom stereocenters. The number of ether oxygens (including phenoxy) is 1. The number of carbonyl (C=O) groups is 1. The predicted molar refractivity (Wildman–Crippen MR) is 80.1 cm³/mol. The molecule has 0 aliphatic rings. The first-order chi connectivity index (χ1) is 9.16. The molecule has 120 valence electrons. The van der Waals surface area contributed by atoms with Gasteiger partial charge in [-0.1, -0.05) is 13.8 Å². The van der Waals surface area contributed by atoms with Gasteiger partial charge in [0.1, 0.15) is 5.88 Å². The minimum Gasteiger partial charge on any atom is -0.448 e. The highest BCUT2D eigenvalue weighted by atomic mass is 35.5. The van der Waals surface area contributed by atoms with Crippen molar-refractivity contribution in [2.45, 2.75) is 66.0 Å². The van der Waals surface area contributed by atoms with Crippen LogP contribution in [0.15, 0.2) is 0 Å². The van der Waals surface area contributed by atoms with Gasteiger partial charge in [0, 0.05) is 5.92 Å². The molecule has 0 rings (SSSR count).